The molecule has 0 bridgehead atoms. The molecule has 1 aliphatic heterocycles. The van der Waals surface area contributed by atoms with Crippen molar-refractivity contribution in [1.29, 1.82) is 0 Å². The molecule has 4 rings (SSSR count). The number of para-hydroxylation sites is 1. The van der Waals surface area contributed by atoms with E-state index in [0.717, 1.165) is 49.5 Å². The number of aromatic nitrogens is 2. The van der Waals surface area contributed by atoms with Crippen molar-refractivity contribution in [3.05, 3.63) is 76.3 Å². The first-order valence-corrected chi connectivity index (χ1v) is 11.6. The number of carbonyl (C=O) groups is 1. The lowest BCUT2D eigenvalue weighted by Gasteiger charge is -2.35. The van der Waals surface area contributed by atoms with Gasteiger partial charge >= 0.3 is 0 Å². The topological polar surface area (TPSA) is 67.7 Å². The second-order valence-electron chi connectivity index (χ2n) is 8.73. The number of carbonyl (C=O) groups excluding carboxylic acids is 1. The molecular weight excluding hydrogens is 416 g/mol. The number of aryl methyl sites for hydroxylation is 2. The van der Waals surface area contributed by atoms with Gasteiger partial charge in [0.05, 0.1) is 30.4 Å². The van der Waals surface area contributed by atoms with Crippen LogP contribution in [-0.4, -0.2) is 64.1 Å². The van der Waals surface area contributed by atoms with Gasteiger partial charge in [-0.25, -0.2) is 4.98 Å². The maximum atomic E-state index is 13.4. The first kappa shape index (κ1) is 23.1. The molecule has 0 aliphatic carbocycles. The average Bonchev–Trinajstić information content (AvgIpc) is 2.83. The minimum absolute atomic E-state index is 0.0378. The molecule has 33 heavy (non-hydrogen) atoms. The zero-order valence-electron chi connectivity index (χ0n) is 19.4. The number of morpholine rings is 1. The van der Waals surface area contributed by atoms with Crippen LogP contribution in [0, 0.1) is 6.92 Å². The smallest absolute Gasteiger partial charge is 0.261 e. The molecule has 1 saturated heterocycles. The van der Waals surface area contributed by atoms with Gasteiger partial charge in [-0.15, -0.1) is 0 Å². The van der Waals surface area contributed by atoms with Crippen LogP contribution in [0.25, 0.3) is 10.9 Å². The minimum atomic E-state index is -0.104. The SMILES string of the molecule is Cc1cccc2c(=O)n(CCC(=O)N(Cc3ccccc3)C(C)CN3CCOCC3)cnc12. The zero-order chi connectivity index (χ0) is 23.2. The molecule has 2 heterocycles. The monoisotopic (exact) mass is 448 g/mol. The van der Waals surface area contributed by atoms with Crippen LogP contribution in [0.1, 0.15) is 24.5 Å². The standard InChI is InChI=1S/C26H32N4O3/c1-20-7-6-10-23-25(20)27-19-29(26(23)32)12-11-24(31)30(18-22-8-4-3-5-9-22)21(2)17-28-13-15-33-16-14-28/h3-10,19,21H,11-18H2,1-2H3. The lowest BCUT2D eigenvalue weighted by Crippen LogP contribution is -2.48. The van der Waals surface area contributed by atoms with E-state index in [-0.39, 0.29) is 23.9 Å². The second kappa shape index (κ2) is 10.7. The third kappa shape index (κ3) is 5.67. The molecule has 7 heteroatoms. The molecular formula is C26H32N4O3. The predicted molar refractivity (Wildman–Crippen MR) is 129 cm³/mol. The summed E-state index contributed by atoms with van der Waals surface area (Å²) in [4.78, 5) is 35.1. The number of rotatable bonds is 8. The zero-order valence-corrected chi connectivity index (χ0v) is 19.4. The molecule has 0 radical (unpaired) electrons. The van der Waals surface area contributed by atoms with E-state index in [4.69, 9.17) is 4.74 Å². The van der Waals surface area contributed by atoms with Gasteiger partial charge < -0.3 is 9.64 Å². The van der Waals surface area contributed by atoms with Crippen molar-refractivity contribution < 1.29 is 9.53 Å². The summed E-state index contributed by atoms with van der Waals surface area (Å²) >= 11 is 0. The summed E-state index contributed by atoms with van der Waals surface area (Å²) in [6.07, 6.45) is 1.81. The number of ether oxygens (including phenoxy) is 1. The van der Waals surface area contributed by atoms with Crippen LogP contribution in [0.4, 0.5) is 0 Å². The van der Waals surface area contributed by atoms with Crippen LogP contribution in [0.2, 0.25) is 0 Å². The van der Waals surface area contributed by atoms with E-state index in [9.17, 15) is 9.59 Å². The fourth-order valence-corrected chi connectivity index (χ4v) is 4.38. The molecule has 1 aromatic heterocycles. The minimum Gasteiger partial charge on any atom is -0.379 e. The normalized spacial score (nSPS) is 15.5. The lowest BCUT2D eigenvalue weighted by molar-refractivity contribution is -0.134. The van der Waals surface area contributed by atoms with Gasteiger partial charge in [-0.3, -0.25) is 19.1 Å². The van der Waals surface area contributed by atoms with E-state index in [1.165, 1.54) is 0 Å². The highest BCUT2D eigenvalue weighted by atomic mass is 16.5. The summed E-state index contributed by atoms with van der Waals surface area (Å²) in [6, 6.07) is 15.7. The third-order valence-electron chi connectivity index (χ3n) is 6.30. The predicted octanol–water partition coefficient (Wildman–Crippen LogP) is 2.84. The molecule has 2 aromatic carbocycles. The molecule has 174 valence electrons. The first-order chi connectivity index (χ1) is 16.0. The van der Waals surface area contributed by atoms with E-state index in [0.29, 0.717) is 18.5 Å². The van der Waals surface area contributed by atoms with E-state index in [1.54, 1.807) is 17.0 Å². The van der Waals surface area contributed by atoms with Crippen LogP contribution in [-0.2, 0) is 22.6 Å². The van der Waals surface area contributed by atoms with E-state index < -0.39 is 0 Å². The Hall–Kier alpha value is -3.03. The fraction of sp³-hybridized carbons (Fsp3) is 0.423. The number of amides is 1. The Labute approximate surface area is 194 Å². The maximum absolute atomic E-state index is 13.4. The third-order valence-corrected chi connectivity index (χ3v) is 6.30. The Morgan fingerprint density at radius 3 is 2.64 bits per heavy atom. The Morgan fingerprint density at radius 1 is 1.12 bits per heavy atom. The van der Waals surface area contributed by atoms with Crippen LogP contribution in [0.5, 0.6) is 0 Å². The van der Waals surface area contributed by atoms with Gasteiger partial charge in [0.15, 0.2) is 0 Å². The molecule has 1 amide bonds. The number of fused-ring (bicyclic) bond motifs is 1. The number of hydrogen-bond donors (Lipinski definition) is 0. The molecule has 0 spiro atoms. The highest BCUT2D eigenvalue weighted by Crippen LogP contribution is 2.14. The lowest BCUT2D eigenvalue weighted by atomic mass is 10.1. The Bertz CT molecular complexity index is 1140. The van der Waals surface area contributed by atoms with Crippen LogP contribution in [0.3, 0.4) is 0 Å². The van der Waals surface area contributed by atoms with Gasteiger partial charge in [0.25, 0.3) is 5.56 Å². The van der Waals surface area contributed by atoms with Gasteiger partial charge in [-0.1, -0.05) is 42.5 Å². The van der Waals surface area contributed by atoms with Gasteiger partial charge in [0.1, 0.15) is 0 Å². The van der Waals surface area contributed by atoms with Crippen molar-refractivity contribution in [2.45, 2.75) is 39.4 Å². The number of nitrogens with zero attached hydrogens (tertiary/aromatic N) is 4. The molecule has 0 N–H and O–H groups in total. The molecule has 0 saturated carbocycles. The second-order valence-corrected chi connectivity index (χ2v) is 8.73. The van der Waals surface area contributed by atoms with Gasteiger partial charge in [-0.05, 0) is 31.0 Å². The van der Waals surface area contributed by atoms with Crippen molar-refractivity contribution in [3.8, 4) is 0 Å². The van der Waals surface area contributed by atoms with Crippen molar-refractivity contribution in [2.75, 3.05) is 32.8 Å². The van der Waals surface area contributed by atoms with E-state index in [1.807, 2.05) is 54.3 Å². The van der Waals surface area contributed by atoms with Crippen LogP contribution < -0.4 is 5.56 Å². The Morgan fingerprint density at radius 2 is 1.88 bits per heavy atom. The highest BCUT2D eigenvalue weighted by molar-refractivity contribution is 5.80. The molecule has 7 nitrogen and oxygen atoms in total. The molecule has 1 unspecified atom stereocenters. The quantitative estimate of drug-likeness (QED) is 0.530. The fourth-order valence-electron chi connectivity index (χ4n) is 4.38. The van der Waals surface area contributed by atoms with Crippen LogP contribution >= 0.6 is 0 Å². The largest absolute Gasteiger partial charge is 0.379 e. The maximum Gasteiger partial charge on any atom is 0.261 e. The van der Waals surface area contributed by atoms with Gasteiger partial charge in [0.2, 0.25) is 5.91 Å². The van der Waals surface area contributed by atoms with E-state index >= 15 is 0 Å². The van der Waals surface area contributed by atoms with Gasteiger partial charge in [-0.2, -0.15) is 0 Å². The summed E-state index contributed by atoms with van der Waals surface area (Å²) in [6.45, 7) is 8.94. The summed E-state index contributed by atoms with van der Waals surface area (Å²) in [5.74, 6) is 0.0378. The molecule has 1 fully saturated rings. The van der Waals surface area contributed by atoms with Gasteiger partial charge in [0, 0.05) is 45.2 Å². The Balaban J connectivity index is 1.49. The summed E-state index contributed by atoms with van der Waals surface area (Å²) in [5.41, 5.74) is 2.68. The van der Waals surface area contributed by atoms with Crippen molar-refractivity contribution in [2.24, 2.45) is 0 Å². The summed E-state index contributed by atoms with van der Waals surface area (Å²) < 4.78 is 7.01. The molecule has 1 atom stereocenters. The van der Waals surface area contributed by atoms with Crippen molar-refractivity contribution >= 4 is 16.8 Å². The number of benzene rings is 2. The Kier molecular flexibility index (Phi) is 7.52. The average molecular weight is 449 g/mol. The summed E-state index contributed by atoms with van der Waals surface area (Å²) in [7, 11) is 0. The van der Waals surface area contributed by atoms with Crippen molar-refractivity contribution in [1.82, 2.24) is 19.4 Å². The first-order valence-electron chi connectivity index (χ1n) is 11.6. The summed E-state index contributed by atoms with van der Waals surface area (Å²) in [5, 5.41) is 0.590. The highest BCUT2D eigenvalue weighted by Gasteiger charge is 2.23. The van der Waals surface area contributed by atoms with Crippen molar-refractivity contribution in [3.63, 3.8) is 0 Å². The molecule has 3 aromatic rings. The van der Waals surface area contributed by atoms with E-state index in [2.05, 4.69) is 16.8 Å². The number of hydrogen-bond acceptors (Lipinski definition) is 5. The molecule has 1 aliphatic rings. The van der Waals surface area contributed by atoms with Crippen LogP contribution in [0.15, 0.2) is 59.7 Å².